The van der Waals surface area contributed by atoms with E-state index in [4.69, 9.17) is 0 Å². The van der Waals surface area contributed by atoms with E-state index in [9.17, 15) is 18.0 Å². The van der Waals surface area contributed by atoms with E-state index in [1.807, 2.05) is 0 Å². The number of nitrogens with zero attached hydrogens (tertiary/aromatic N) is 2. The van der Waals surface area contributed by atoms with Crippen molar-refractivity contribution in [3.63, 3.8) is 0 Å². The molecule has 0 aliphatic heterocycles. The molecule has 1 aromatic carbocycles. The fourth-order valence-corrected chi connectivity index (χ4v) is 1.25. The van der Waals surface area contributed by atoms with Gasteiger partial charge in [-0.2, -0.15) is 0 Å². The fourth-order valence-electron chi connectivity index (χ4n) is 1.25. The lowest BCUT2D eigenvalue weighted by molar-refractivity contribution is 0.103. The van der Waals surface area contributed by atoms with Gasteiger partial charge in [-0.05, 0) is 12.1 Å². The molecule has 0 amide bonds. The van der Waals surface area contributed by atoms with E-state index in [0.29, 0.717) is 12.1 Å². The number of aromatic nitrogens is 2. The lowest BCUT2D eigenvalue weighted by atomic mass is 10.1. The molecule has 86 valence electrons. The lowest BCUT2D eigenvalue weighted by Gasteiger charge is -2.01. The van der Waals surface area contributed by atoms with Crippen molar-refractivity contribution in [2.24, 2.45) is 0 Å². The number of hydrogen-bond donors (Lipinski definition) is 0. The molecule has 6 heteroatoms. The SMILES string of the molecule is O=C(c1cc(F)c(F)c(F)c1)c1cnccn1. The van der Waals surface area contributed by atoms with Crippen molar-refractivity contribution in [1.29, 1.82) is 0 Å². The van der Waals surface area contributed by atoms with Crippen LogP contribution in [0.15, 0.2) is 30.7 Å². The Bertz CT molecular complexity index is 549. The van der Waals surface area contributed by atoms with E-state index in [0.717, 1.165) is 6.20 Å². The van der Waals surface area contributed by atoms with Crippen molar-refractivity contribution in [2.45, 2.75) is 0 Å². The molecule has 0 spiro atoms. The number of ketones is 1. The molecule has 0 saturated carbocycles. The number of carbonyl (C=O) groups excluding carboxylic acids is 1. The molecule has 0 fully saturated rings. The zero-order chi connectivity index (χ0) is 12.4. The summed E-state index contributed by atoms with van der Waals surface area (Å²) in [6.07, 6.45) is 3.77. The van der Waals surface area contributed by atoms with Crippen molar-refractivity contribution in [2.75, 3.05) is 0 Å². The maximum atomic E-state index is 12.9. The van der Waals surface area contributed by atoms with Gasteiger partial charge in [0.25, 0.3) is 0 Å². The van der Waals surface area contributed by atoms with E-state index in [1.165, 1.54) is 12.4 Å². The Labute approximate surface area is 94.0 Å². The molecule has 2 aromatic rings. The Morgan fingerprint density at radius 3 is 2.24 bits per heavy atom. The summed E-state index contributed by atoms with van der Waals surface area (Å²) in [4.78, 5) is 19.0. The van der Waals surface area contributed by atoms with Gasteiger partial charge in [0.2, 0.25) is 5.78 Å². The maximum Gasteiger partial charge on any atom is 0.213 e. The molecular weight excluding hydrogens is 233 g/mol. The summed E-state index contributed by atoms with van der Waals surface area (Å²) < 4.78 is 38.5. The molecule has 2 rings (SSSR count). The van der Waals surface area contributed by atoms with Crippen LogP contribution >= 0.6 is 0 Å². The third-order valence-corrected chi connectivity index (χ3v) is 2.04. The Morgan fingerprint density at radius 2 is 1.71 bits per heavy atom. The van der Waals surface area contributed by atoms with Gasteiger partial charge in [0.05, 0.1) is 6.20 Å². The van der Waals surface area contributed by atoms with E-state index in [-0.39, 0.29) is 11.3 Å². The van der Waals surface area contributed by atoms with E-state index >= 15 is 0 Å². The number of carbonyl (C=O) groups is 1. The van der Waals surface area contributed by atoms with Crippen LogP contribution < -0.4 is 0 Å². The highest BCUT2D eigenvalue weighted by molar-refractivity contribution is 6.07. The van der Waals surface area contributed by atoms with Gasteiger partial charge in [0.1, 0.15) is 5.69 Å². The molecular formula is C11H5F3N2O. The molecule has 17 heavy (non-hydrogen) atoms. The van der Waals surface area contributed by atoms with Crippen LogP contribution in [0.2, 0.25) is 0 Å². The summed E-state index contributed by atoms with van der Waals surface area (Å²) in [5, 5.41) is 0. The van der Waals surface area contributed by atoms with E-state index in [2.05, 4.69) is 9.97 Å². The van der Waals surface area contributed by atoms with Crippen LogP contribution in [0.25, 0.3) is 0 Å². The maximum absolute atomic E-state index is 12.9. The second kappa shape index (κ2) is 4.32. The van der Waals surface area contributed by atoms with Gasteiger partial charge >= 0.3 is 0 Å². The molecule has 0 aliphatic carbocycles. The van der Waals surface area contributed by atoms with Crippen molar-refractivity contribution in [3.05, 3.63) is 59.4 Å². The Hall–Kier alpha value is -2.24. The predicted octanol–water partition coefficient (Wildman–Crippen LogP) is 2.12. The molecule has 0 saturated heterocycles. The fraction of sp³-hybridized carbons (Fsp3) is 0. The zero-order valence-corrected chi connectivity index (χ0v) is 8.32. The molecule has 1 aromatic heterocycles. The normalized spacial score (nSPS) is 10.3. The average molecular weight is 238 g/mol. The number of halogens is 3. The van der Waals surface area contributed by atoms with Gasteiger partial charge in [-0.3, -0.25) is 9.78 Å². The highest BCUT2D eigenvalue weighted by Crippen LogP contribution is 2.15. The summed E-state index contributed by atoms with van der Waals surface area (Å²) in [5.74, 6) is -5.17. The molecule has 0 bridgehead atoms. The van der Waals surface area contributed by atoms with E-state index in [1.54, 1.807) is 0 Å². The third-order valence-electron chi connectivity index (χ3n) is 2.04. The molecule has 3 nitrogen and oxygen atoms in total. The Kier molecular flexibility index (Phi) is 2.86. The lowest BCUT2D eigenvalue weighted by Crippen LogP contribution is -2.06. The van der Waals surface area contributed by atoms with Crippen LogP contribution in [0, 0.1) is 17.5 Å². The molecule has 0 unspecified atom stereocenters. The standard InChI is InChI=1S/C11H5F3N2O/c12-7-3-6(4-8(13)10(7)14)11(17)9-5-15-1-2-16-9/h1-5H. The zero-order valence-electron chi connectivity index (χ0n) is 8.32. The molecule has 0 radical (unpaired) electrons. The minimum absolute atomic E-state index is 0.0714. The predicted molar refractivity (Wildman–Crippen MR) is 51.8 cm³/mol. The topological polar surface area (TPSA) is 42.9 Å². The first kappa shape index (κ1) is 11.3. The first-order chi connectivity index (χ1) is 8.09. The second-order valence-corrected chi connectivity index (χ2v) is 3.17. The largest absolute Gasteiger partial charge is 0.287 e. The average Bonchev–Trinajstić information content (AvgIpc) is 2.35. The van der Waals surface area contributed by atoms with Crippen LogP contribution in [0.1, 0.15) is 16.1 Å². The quantitative estimate of drug-likeness (QED) is 0.594. The van der Waals surface area contributed by atoms with Crippen LogP contribution in [-0.2, 0) is 0 Å². The summed E-state index contributed by atoms with van der Waals surface area (Å²) in [6, 6.07) is 1.24. The summed E-state index contributed by atoms with van der Waals surface area (Å²) in [7, 11) is 0. The van der Waals surface area contributed by atoms with Crippen LogP contribution in [0.4, 0.5) is 13.2 Å². The molecule has 0 N–H and O–H groups in total. The first-order valence-electron chi connectivity index (χ1n) is 4.55. The summed E-state index contributed by atoms with van der Waals surface area (Å²) >= 11 is 0. The third kappa shape index (κ3) is 2.15. The van der Waals surface area contributed by atoms with E-state index < -0.39 is 23.2 Å². The van der Waals surface area contributed by atoms with Crippen LogP contribution in [0.5, 0.6) is 0 Å². The monoisotopic (exact) mass is 238 g/mol. The Balaban J connectivity index is 2.45. The summed E-state index contributed by atoms with van der Waals surface area (Å²) in [6.45, 7) is 0. The summed E-state index contributed by atoms with van der Waals surface area (Å²) in [5.41, 5.74) is -0.389. The molecule has 0 aliphatic rings. The van der Waals surface area contributed by atoms with Crippen molar-refractivity contribution >= 4 is 5.78 Å². The highest BCUT2D eigenvalue weighted by atomic mass is 19.2. The van der Waals surface area contributed by atoms with Gasteiger partial charge < -0.3 is 0 Å². The highest BCUT2D eigenvalue weighted by Gasteiger charge is 2.17. The number of benzene rings is 1. The van der Waals surface area contributed by atoms with Gasteiger partial charge in [-0.15, -0.1) is 0 Å². The Morgan fingerprint density at radius 1 is 1.06 bits per heavy atom. The minimum Gasteiger partial charge on any atom is -0.287 e. The molecule has 1 heterocycles. The second-order valence-electron chi connectivity index (χ2n) is 3.17. The first-order valence-corrected chi connectivity index (χ1v) is 4.55. The van der Waals surface area contributed by atoms with Crippen LogP contribution in [-0.4, -0.2) is 15.8 Å². The number of hydrogen-bond acceptors (Lipinski definition) is 3. The van der Waals surface area contributed by atoms with Crippen molar-refractivity contribution in [1.82, 2.24) is 9.97 Å². The molecule has 0 atom stereocenters. The number of rotatable bonds is 2. The smallest absolute Gasteiger partial charge is 0.213 e. The van der Waals surface area contributed by atoms with Gasteiger partial charge in [0.15, 0.2) is 17.5 Å². The minimum atomic E-state index is -1.61. The van der Waals surface area contributed by atoms with Gasteiger partial charge in [-0.1, -0.05) is 0 Å². The van der Waals surface area contributed by atoms with Crippen molar-refractivity contribution < 1.29 is 18.0 Å². The van der Waals surface area contributed by atoms with Gasteiger partial charge in [0, 0.05) is 18.0 Å². The van der Waals surface area contributed by atoms with Gasteiger partial charge in [-0.25, -0.2) is 18.2 Å². The van der Waals surface area contributed by atoms with Crippen molar-refractivity contribution in [3.8, 4) is 0 Å². The van der Waals surface area contributed by atoms with Crippen LogP contribution in [0.3, 0.4) is 0 Å².